The second-order valence-corrected chi connectivity index (χ2v) is 3.96. The van der Waals surface area contributed by atoms with Crippen molar-refractivity contribution < 1.29 is 9.90 Å². The molecule has 0 saturated heterocycles. The van der Waals surface area contributed by atoms with Crippen LogP contribution in [0.15, 0.2) is 30.5 Å². The van der Waals surface area contributed by atoms with Crippen molar-refractivity contribution in [1.29, 1.82) is 0 Å². The minimum atomic E-state index is -0.975. The maximum Gasteiger partial charge on any atom is 0.329 e. The number of carboxylic acid groups (broad SMARTS) is 1. The van der Waals surface area contributed by atoms with Crippen molar-refractivity contribution in [2.45, 2.75) is 6.42 Å². The molecule has 0 aromatic heterocycles. The number of carboxylic acids is 1. The Kier molecular flexibility index (Phi) is 5.15. The Morgan fingerprint density at radius 3 is 2.81 bits per heavy atom. The maximum absolute atomic E-state index is 10.2. The molecule has 16 heavy (non-hydrogen) atoms. The number of hydrogen-bond acceptors (Lipinski definition) is 2. The van der Waals surface area contributed by atoms with Crippen LogP contribution in [0.25, 0.3) is 0 Å². The normalized spacial score (nSPS) is 10.6. The quantitative estimate of drug-likeness (QED) is 0.632. The number of benzene rings is 1. The molecule has 0 heterocycles. The van der Waals surface area contributed by atoms with Gasteiger partial charge in [-0.15, -0.1) is 0 Å². The lowest BCUT2D eigenvalue weighted by molar-refractivity contribution is -0.131. The summed E-state index contributed by atoms with van der Waals surface area (Å²) in [4.78, 5) is 10.2. The lowest BCUT2D eigenvalue weighted by Gasteiger charge is -2.04. The Hall–Kier alpha value is -1.19. The maximum atomic E-state index is 10.2. The first-order chi connectivity index (χ1) is 7.59. The number of hydrogen-bond donors (Lipinski definition) is 2. The van der Waals surface area contributed by atoms with Gasteiger partial charge in [0.25, 0.3) is 0 Å². The molecule has 0 radical (unpaired) electrons. The van der Waals surface area contributed by atoms with Crippen LogP contribution >= 0.6 is 23.2 Å². The van der Waals surface area contributed by atoms with E-state index in [2.05, 4.69) is 5.32 Å². The van der Waals surface area contributed by atoms with Crippen LogP contribution < -0.4 is 5.32 Å². The van der Waals surface area contributed by atoms with E-state index in [1.807, 2.05) is 6.07 Å². The van der Waals surface area contributed by atoms with Crippen LogP contribution in [0.4, 0.5) is 0 Å². The number of halogens is 2. The second kappa shape index (κ2) is 6.40. The topological polar surface area (TPSA) is 49.3 Å². The van der Waals surface area contributed by atoms with Crippen molar-refractivity contribution in [2.75, 3.05) is 6.54 Å². The second-order valence-electron chi connectivity index (χ2n) is 3.11. The van der Waals surface area contributed by atoms with Gasteiger partial charge in [0.15, 0.2) is 0 Å². The molecule has 0 aliphatic carbocycles. The highest BCUT2D eigenvalue weighted by atomic mass is 35.5. The average molecular weight is 260 g/mol. The van der Waals surface area contributed by atoms with E-state index in [-0.39, 0.29) is 0 Å². The van der Waals surface area contributed by atoms with Crippen LogP contribution in [0.5, 0.6) is 0 Å². The highest BCUT2D eigenvalue weighted by Gasteiger charge is 1.99. The summed E-state index contributed by atoms with van der Waals surface area (Å²) in [7, 11) is 0. The van der Waals surface area contributed by atoms with Gasteiger partial charge in [-0.3, -0.25) is 0 Å². The van der Waals surface area contributed by atoms with Crippen molar-refractivity contribution in [3.63, 3.8) is 0 Å². The molecule has 86 valence electrons. The molecule has 5 heteroatoms. The van der Waals surface area contributed by atoms with Crippen molar-refractivity contribution in [3.05, 3.63) is 46.1 Å². The molecule has 1 aromatic rings. The van der Waals surface area contributed by atoms with Gasteiger partial charge in [-0.1, -0.05) is 29.3 Å². The standard InChI is InChI=1S/C11H11Cl2NO2/c12-9-2-1-8(10(13)7-9)3-5-14-6-4-11(15)16/h1-2,4,6-7,14H,3,5H2,(H,15,16)/b6-4+. The van der Waals surface area contributed by atoms with E-state index in [9.17, 15) is 4.79 Å². The van der Waals surface area contributed by atoms with Gasteiger partial charge < -0.3 is 10.4 Å². The summed E-state index contributed by atoms with van der Waals surface area (Å²) in [5.74, 6) is -0.975. The fourth-order valence-corrected chi connectivity index (χ4v) is 1.65. The molecule has 3 nitrogen and oxygen atoms in total. The largest absolute Gasteiger partial charge is 0.478 e. The molecule has 1 rings (SSSR count). The van der Waals surface area contributed by atoms with Gasteiger partial charge in [-0.05, 0) is 24.1 Å². The Balaban J connectivity index is 2.40. The van der Waals surface area contributed by atoms with E-state index >= 15 is 0 Å². The third-order valence-corrected chi connectivity index (χ3v) is 2.48. The predicted molar refractivity (Wildman–Crippen MR) is 64.9 cm³/mol. The van der Waals surface area contributed by atoms with Crippen molar-refractivity contribution in [1.82, 2.24) is 5.32 Å². The van der Waals surface area contributed by atoms with Crippen molar-refractivity contribution in [3.8, 4) is 0 Å². The van der Waals surface area contributed by atoms with Gasteiger partial charge in [0, 0.05) is 28.9 Å². The van der Waals surface area contributed by atoms with Crippen LogP contribution in [0, 0.1) is 0 Å². The summed E-state index contributed by atoms with van der Waals surface area (Å²) < 4.78 is 0. The minimum absolute atomic E-state index is 0.604. The van der Waals surface area contributed by atoms with E-state index in [4.69, 9.17) is 28.3 Å². The van der Waals surface area contributed by atoms with E-state index in [0.717, 1.165) is 11.6 Å². The minimum Gasteiger partial charge on any atom is -0.478 e. The molecule has 0 spiro atoms. The molecule has 0 aliphatic heterocycles. The molecule has 0 fully saturated rings. The highest BCUT2D eigenvalue weighted by molar-refractivity contribution is 6.35. The lowest BCUT2D eigenvalue weighted by Crippen LogP contribution is -2.10. The average Bonchev–Trinajstić information content (AvgIpc) is 2.20. The summed E-state index contributed by atoms with van der Waals surface area (Å²) in [5.41, 5.74) is 0.974. The van der Waals surface area contributed by atoms with Gasteiger partial charge in [0.05, 0.1) is 0 Å². The van der Waals surface area contributed by atoms with Crippen molar-refractivity contribution >= 4 is 29.2 Å². The fraction of sp³-hybridized carbons (Fsp3) is 0.182. The first-order valence-electron chi connectivity index (χ1n) is 4.66. The van der Waals surface area contributed by atoms with Gasteiger partial charge >= 0.3 is 5.97 Å². The van der Waals surface area contributed by atoms with Crippen LogP contribution in [-0.4, -0.2) is 17.6 Å². The zero-order valence-corrected chi connectivity index (χ0v) is 9.92. The molecule has 0 unspecified atom stereocenters. The van der Waals surface area contributed by atoms with Crippen molar-refractivity contribution in [2.24, 2.45) is 0 Å². The van der Waals surface area contributed by atoms with Gasteiger partial charge in [-0.2, -0.15) is 0 Å². The van der Waals surface area contributed by atoms with Crippen LogP contribution in [0.3, 0.4) is 0 Å². The number of rotatable bonds is 5. The Morgan fingerprint density at radius 1 is 1.44 bits per heavy atom. The summed E-state index contributed by atoms with van der Waals surface area (Å²) in [5, 5.41) is 12.4. The smallest absolute Gasteiger partial charge is 0.329 e. The number of carbonyl (C=O) groups is 1. The Morgan fingerprint density at radius 2 is 2.19 bits per heavy atom. The predicted octanol–water partition coefficient (Wildman–Crippen LogP) is 2.72. The van der Waals surface area contributed by atoms with E-state index in [0.29, 0.717) is 23.0 Å². The third-order valence-electron chi connectivity index (χ3n) is 1.90. The summed E-state index contributed by atoms with van der Waals surface area (Å²) >= 11 is 11.7. The third kappa shape index (κ3) is 4.55. The zero-order chi connectivity index (χ0) is 12.0. The van der Waals surface area contributed by atoms with E-state index in [1.165, 1.54) is 6.20 Å². The molecular formula is C11H11Cl2NO2. The summed E-state index contributed by atoms with van der Waals surface area (Å²) in [6.07, 6.45) is 3.15. The molecule has 0 saturated carbocycles. The Labute approximate surface area is 104 Å². The molecule has 0 bridgehead atoms. The molecule has 0 amide bonds. The molecule has 1 aromatic carbocycles. The summed E-state index contributed by atoms with van der Waals surface area (Å²) in [6, 6.07) is 5.31. The zero-order valence-electron chi connectivity index (χ0n) is 8.41. The first-order valence-corrected chi connectivity index (χ1v) is 5.42. The van der Waals surface area contributed by atoms with Gasteiger partial charge in [0.2, 0.25) is 0 Å². The monoisotopic (exact) mass is 259 g/mol. The molecule has 0 atom stereocenters. The highest BCUT2D eigenvalue weighted by Crippen LogP contribution is 2.20. The van der Waals surface area contributed by atoms with E-state index < -0.39 is 5.97 Å². The summed E-state index contributed by atoms with van der Waals surface area (Å²) in [6.45, 7) is 0.616. The van der Waals surface area contributed by atoms with Gasteiger partial charge in [-0.25, -0.2) is 4.79 Å². The number of aliphatic carboxylic acids is 1. The lowest BCUT2D eigenvalue weighted by atomic mass is 10.1. The number of nitrogens with one attached hydrogen (secondary N) is 1. The molecule has 0 aliphatic rings. The van der Waals surface area contributed by atoms with Crippen LogP contribution in [0.1, 0.15) is 5.56 Å². The SMILES string of the molecule is O=C(O)/C=C/NCCc1ccc(Cl)cc1Cl. The van der Waals surface area contributed by atoms with Gasteiger partial charge in [0.1, 0.15) is 0 Å². The molecule has 2 N–H and O–H groups in total. The van der Waals surface area contributed by atoms with Crippen LogP contribution in [0.2, 0.25) is 10.0 Å². The fourth-order valence-electron chi connectivity index (χ4n) is 1.14. The molecular weight excluding hydrogens is 249 g/mol. The Bertz CT molecular complexity index is 405. The first kappa shape index (κ1) is 12.9. The van der Waals surface area contributed by atoms with E-state index in [1.54, 1.807) is 12.1 Å². The van der Waals surface area contributed by atoms with Crippen LogP contribution in [-0.2, 0) is 11.2 Å².